The molecule has 3 N–H and O–H groups in total. The molecule has 5 nitrogen and oxygen atoms in total. The number of nitrogens with one attached hydrogen (secondary N) is 1. The molecule has 33 heavy (non-hydrogen) atoms. The molecule has 3 aromatic rings. The molecule has 1 aliphatic carbocycles. The molecule has 4 rings (SSSR count). The van der Waals surface area contributed by atoms with Gasteiger partial charge in [-0.2, -0.15) is 0 Å². The standard InChI is InChI=1S/C24H20F4N4O/c1-12-7-13(9-14(29)8-12)15-5-6-30-11-20(15)31-24(33)23-19(28)10-18(27)22(32-23)21-16(25)3-2-4-17(21)26/h2-6,8,10-11,13-14H,7,9,29H2,1H3,(H,31,33)/t13-,14+/m1/s1. The van der Waals surface area contributed by atoms with E-state index in [1.807, 2.05) is 13.0 Å². The van der Waals surface area contributed by atoms with Gasteiger partial charge in [0.2, 0.25) is 0 Å². The van der Waals surface area contributed by atoms with E-state index in [1.54, 1.807) is 12.3 Å². The fourth-order valence-electron chi connectivity index (χ4n) is 4.11. The zero-order chi connectivity index (χ0) is 23.7. The van der Waals surface area contributed by atoms with Gasteiger partial charge >= 0.3 is 0 Å². The minimum absolute atomic E-state index is 0.00241. The molecule has 0 saturated carbocycles. The van der Waals surface area contributed by atoms with Crippen molar-refractivity contribution in [3.05, 3.63) is 88.9 Å². The fourth-order valence-corrected chi connectivity index (χ4v) is 4.11. The summed E-state index contributed by atoms with van der Waals surface area (Å²) in [6.45, 7) is 1.96. The maximum absolute atomic E-state index is 14.5. The van der Waals surface area contributed by atoms with Gasteiger partial charge in [0.1, 0.15) is 17.3 Å². The van der Waals surface area contributed by atoms with Crippen LogP contribution in [-0.4, -0.2) is 21.9 Å². The van der Waals surface area contributed by atoms with Crippen LogP contribution in [0.3, 0.4) is 0 Å². The van der Waals surface area contributed by atoms with Crippen molar-refractivity contribution in [2.45, 2.75) is 31.7 Å². The van der Waals surface area contributed by atoms with E-state index < -0.39 is 46.1 Å². The molecule has 0 aliphatic heterocycles. The number of hydrogen-bond acceptors (Lipinski definition) is 4. The Hall–Kier alpha value is -3.59. The number of allylic oxidation sites excluding steroid dienone is 1. The van der Waals surface area contributed by atoms with E-state index >= 15 is 0 Å². The number of halogens is 4. The number of rotatable bonds is 4. The highest BCUT2D eigenvalue weighted by Crippen LogP contribution is 2.36. The largest absolute Gasteiger partial charge is 0.324 e. The molecule has 0 bridgehead atoms. The smallest absolute Gasteiger partial charge is 0.277 e. The van der Waals surface area contributed by atoms with Crippen LogP contribution in [0.5, 0.6) is 0 Å². The number of nitrogens with zero attached hydrogens (tertiary/aromatic N) is 2. The van der Waals surface area contributed by atoms with Gasteiger partial charge in [0.25, 0.3) is 5.91 Å². The Morgan fingerprint density at radius 3 is 2.52 bits per heavy atom. The topological polar surface area (TPSA) is 80.9 Å². The lowest BCUT2D eigenvalue weighted by molar-refractivity contribution is 0.101. The van der Waals surface area contributed by atoms with E-state index in [1.165, 1.54) is 6.20 Å². The van der Waals surface area contributed by atoms with Crippen LogP contribution in [0.1, 0.15) is 41.7 Å². The molecule has 0 unspecified atom stereocenters. The summed E-state index contributed by atoms with van der Waals surface area (Å²) in [6, 6.07) is 4.89. The van der Waals surface area contributed by atoms with Gasteiger partial charge in [0.15, 0.2) is 17.3 Å². The minimum Gasteiger partial charge on any atom is -0.324 e. The van der Waals surface area contributed by atoms with E-state index in [9.17, 15) is 22.4 Å². The summed E-state index contributed by atoms with van der Waals surface area (Å²) in [5.41, 5.74) is 5.87. The van der Waals surface area contributed by atoms with Crippen LogP contribution in [0.2, 0.25) is 0 Å². The minimum atomic E-state index is -1.30. The molecule has 1 aliphatic rings. The number of pyridine rings is 2. The van der Waals surface area contributed by atoms with Gasteiger partial charge in [0.05, 0.1) is 17.4 Å². The number of benzene rings is 1. The number of hydrogen-bond donors (Lipinski definition) is 2. The first-order valence-electron chi connectivity index (χ1n) is 10.2. The summed E-state index contributed by atoms with van der Waals surface area (Å²) in [5, 5.41) is 2.55. The average molecular weight is 456 g/mol. The van der Waals surface area contributed by atoms with Gasteiger partial charge in [0, 0.05) is 18.3 Å². The van der Waals surface area contributed by atoms with Crippen molar-refractivity contribution in [2.24, 2.45) is 5.73 Å². The van der Waals surface area contributed by atoms with E-state index in [0.717, 1.165) is 35.8 Å². The van der Waals surface area contributed by atoms with Gasteiger partial charge in [-0.05, 0) is 49.4 Å². The number of amides is 1. The third-order valence-corrected chi connectivity index (χ3v) is 5.51. The fraction of sp³-hybridized carbons (Fsp3) is 0.208. The monoisotopic (exact) mass is 456 g/mol. The second-order valence-electron chi connectivity index (χ2n) is 7.98. The molecule has 2 atom stereocenters. The number of aromatic nitrogens is 2. The Morgan fingerprint density at radius 2 is 1.82 bits per heavy atom. The number of carbonyl (C=O) groups excluding carboxylic acids is 1. The van der Waals surface area contributed by atoms with Crippen LogP contribution in [0.15, 0.2) is 54.4 Å². The summed E-state index contributed by atoms with van der Waals surface area (Å²) < 4.78 is 57.1. The van der Waals surface area contributed by atoms with Crippen LogP contribution in [0.4, 0.5) is 23.2 Å². The van der Waals surface area contributed by atoms with E-state index in [-0.39, 0.29) is 12.0 Å². The molecule has 0 spiro atoms. The highest BCUT2D eigenvalue weighted by molar-refractivity contribution is 6.03. The van der Waals surface area contributed by atoms with Gasteiger partial charge in [-0.3, -0.25) is 9.78 Å². The maximum atomic E-state index is 14.5. The van der Waals surface area contributed by atoms with Crippen LogP contribution < -0.4 is 11.1 Å². The Kier molecular flexibility index (Phi) is 6.24. The molecule has 1 aromatic carbocycles. The first-order valence-corrected chi connectivity index (χ1v) is 10.2. The predicted octanol–water partition coefficient (Wildman–Crippen LogP) is 5.10. The second kappa shape index (κ2) is 9.11. The lowest BCUT2D eigenvalue weighted by Crippen LogP contribution is -2.25. The van der Waals surface area contributed by atoms with E-state index in [4.69, 9.17) is 5.73 Å². The van der Waals surface area contributed by atoms with Gasteiger partial charge < -0.3 is 11.1 Å². The van der Waals surface area contributed by atoms with Gasteiger partial charge in [-0.25, -0.2) is 22.5 Å². The van der Waals surface area contributed by atoms with Crippen molar-refractivity contribution in [3.63, 3.8) is 0 Å². The maximum Gasteiger partial charge on any atom is 0.277 e. The Bertz CT molecular complexity index is 1240. The first-order chi connectivity index (χ1) is 15.7. The lowest BCUT2D eigenvalue weighted by atomic mass is 9.82. The Balaban J connectivity index is 1.69. The lowest BCUT2D eigenvalue weighted by Gasteiger charge is -2.27. The zero-order valence-corrected chi connectivity index (χ0v) is 17.6. The summed E-state index contributed by atoms with van der Waals surface area (Å²) in [7, 11) is 0. The van der Waals surface area contributed by atoms with E-state index in [0.29, 0.717) is 18.2 Å². The van der Waals surface area contributed by atoms with Crippen molar-refractivity contribution in [1.29, 1.82) is 0 Å². The molecule has 2 aromatic heterocycles. The number of nitrogens with two attached hydrogens (primary N) is 1. The second-order valence-corrected chi connectivity index (χ2v) is 7.98. The zero-order valence-electron chi connectivity index (χ0n) is 17.6. The molecular weight excluding hydrogens is 436 g/mol. The molecule has 170 valence electrons. The average Bonchev–Trinajstić information content (AvgIpc) is 2.74. The van der Waals surface area contributed by atoms with Crippen LogP contribution >= 0.6 is 0 Å². The Morgan fingerprint density at radius 1 is 1.09 bits per heavy atom. The van der Waals surface area contributed by atoms with Crippen molar-refractivity contribution in [2.75, 3.05) is 5.32 Å². The highest BCUT2D eigenvalue weighted by atomic mass is 19.1. The molecule has 1 amide bonds. The summed E-state index contributed by atoms with van der Waals surface area (Å²) in [6.07, 6.45) is 6.33. The Labute approximate surface area is 187 Å². The normalized spacial score (nSPS) is 18.1. The quantitative estimate of drug-likeness (QED) is 0.423. The van der Waals surface area contributed by atoms with Crippen LogP contribution in [-0.2, 0) is 0 Å². The van der Waals surface area contributed by atoms with Crippen LogP contribution in [0, 0.1) is 23.3 Å². The summed E-state index contributed by atoms with van der Waals surface area (Å²) in [4.78, 5) is 20.5. The predicted molar refractivity (Wildman–Crippen MR) is 115 cm³/mol. The molecular formula is C24H20F4N4O. The van der Waals surface area contributed by atoms with Gasteiger partial charge in [-0.1, -0.05) is 17.7 Å². The molecule has 0 saturated heterocycles. The van der Waals surface area contributed by atoms with Crippen molar-refractivity contribution < 1.29 is 22.4 Å². The summed E-state index contributed by atoms with van der Waals surface area (Å²) in [5.74, 6) is -5.76. The highest BCUT2D eigenvalue weighted by Gasteiger charge is 2.26. The SMILES string of the molecule is CC1=C[C@H](N)C[C@H](c2ccncc2NC(=O)c2nc(-c3c(F)cccc3F)c(F)cc2F)C1. The number of carbonyl (C=O) groups is 1. The van der Waals surface area contributed by atoms with E-state index in [2.05, 4.69) is 15.3 Å². The molecule has 2 heterocycles. The van der Waals surface area contributed by atoms with Gasteiger partial charge in [-0.15, -0.1) is 0 Å². The van der Waals surface area contributed by atoms with Crippen molar-refractivity contribution >= 4 is 11.6 Å². The van der Waals surface area contributed by atoms with Crippen molar-refractivity contribution in [1.82, 2.24) is 9.97 Å². The van der Waals surface area contributed by atoms with Crippen molar-refractivity contribution in [3.8, 4) is 11.3 Å². The molecule has 0 radical (unpaired) electrons. The third-order valence-electron chi connectivity index (χ3n) is 5.51. The van der Waals surface area contributed by atoms with Crippen LogP contribution in [0.25, 0.3) is 11.3 Å². The first kappa shape index (κ1) is 22.6. The molecule has 0 fully saturated rings. The molecule has 9 heteroatoms. The summed E-state index contributed by atoms with van der Waals surface area (Å²) >= 11 is 0. The third kappa shape index (κ3) is 4.63. The number of anilines is 1.